The summed E-state index contributed by atoms with van der Waals surface area (Å²) in [7, 11) is 0. The predicted octanol–water partition coefficient (Wildman–Crippen LogP) is 4.69. The molecule has 1 N–H and O–H groups in total. The van der Waals surface area contributed by atoms with E-state index in [1.807, 2.05) is 12.1 Å². The second kappa shape index (κ2) is 5.61. The van der Waals surface area contributed by atoms with Gasteiger partial charge in [0.1, 0.15) is 5.82 Å². The first-order valence-corrected chi connectivity index (χ1v) is 7.33. The normalized spacial score (nSPS) is 12.7. The van der Waals surface area contributed by atoms with Crippen LogP contribution >= 0.6 is 43.2 Å². The summed E-state index contributed by atoms with van der Waals surface area (Å²) in [6.45, 7) is 0. The van der Waals surface area contributed by atoms with Gasteiger partial charge < -0.3 is 5.11 Å². The van der Waals surface area contributed by atoms with Gasteiger partial charge in [-0.05, 0) is 51.8 Å². The second-order valence-electron chi connectivity index (χ2n) is 3.63. The molecule has 0 radical (unpaired) electrons. The summed E-state index contributed by atoms with van der Waals surface area (Å²) in [5.74, 6) is -0.346. The van der Waals surface area contributed by atoms with Crippen LogP contribution in [0.3, 0.4) is 0 Å². The highest BCUT2D eigenvalue weighted by Crippen LogP contribution is 2.28. The Morgan fingerprint density at radius 1 is 1.24 bits per heavy atom. The lowest BCUT2D eigenvalue weighted by Crippen LogP contribution is -2.01. The molecular weight excluding hydrogens is 371 g/mol. The van der Waals surface area contributed by atoms with E-state index < -0.39 is 6.10 Å². The Labute approximate surface area is 120 Å². The Hall–Kier alpha value is -0.230. The van der Waals surface area contributed by atoms with Crippen LogP contribution < -0.4 is 0 Å². The van der Waals surface area contributed by atoms with E-state index in [0.717, 1.165) is 8.66 Å². The number of hydrogen-bond donors (Lipinski definition) is 1. The van der Waals surface area contributed by atoms with Crippen molar-refractivity contribution < 1.29 is 9.50 Å². The first-order chi connectivity index (χ1) is 8.04. The van der Waals surface area contributed by atoms with Crippen molar-refractivity contribution in [1.29, 1.82) is 0 Å². The van der Waals surface area contributed by atoms with Gasteiger partial charge in [0.2, 0.25) is 0 Å². The minimum Gasteiger partial charge on any atom is -0.388 e. The predicted molar refractivity (Wildman–Crippen MR) is 74.8 cm³/mol. The molecule has 0 bridgehead atoms. The van der Waals surface area contributed by atoms with E-state index in [4.69, 9.17) is 0 Å². The van der Waals surface area contributed by atoms with Gasteiger partial charge >= 0.3 is 0 Å². The Bertz CT molecular complexity index is 507. The highest BCUT2D eigenvalue weighted by atomic mass is 79.9. The fourth-order valence-corrected chi connectivity index (χ4v) is 3.54. The summed E-state index contributed by atoms with van der Waals surface area (Å²) in [6, 6.07) is 8.35. The van der Waals surface area contributed by atoms with Crippen molar-refractivity contribution in [1.82, 2.24) is 0 Å². The summed E-state index contributed by atoms with van der Waals surface area (Å²) >= 11 is 8.16. The van der Waals surface area contributed by atoms with Gasteiger partial charge in [-0.15, -0.1) is 11.3 Å². The molecule has 0 aliphatic heterocycles. The molecule has 2 aromatic rings. The molecule has 0 saturated carbocycles. The molecule has 1 nitrogen and oxygen atoms in total. The molecule has 0 fully saturated rings. The Morgan fingerprint density at radius 3 is 2.59 bits per heavy atom. The van der Waals surface area contributed by atoms with Crippen LogP contribution in [0.4, 0.5) is 4.39 Å². The van der Waals surface area contributed by atoms with Crippen molar-refractivity contribution in [2.75, 3.05) is 0 Å². The zero-order valence-corrected chi connectivity index (χ0v) is 12.6. The lowest BCUT2D eigenvalue weighted by atomic mass is 10.1. The summed E-state index contributed by atoms with van der Waals surface area (Å²) < 4.78 is 14.9. The van der Waals surface area contributed by atoms with Crippen molar-refractivity contribution in [3.05, 3.63) is 54.8 Å². The van der Waals surface area contributed by atoms with Crippen molar-refractivity contribution in [3.63, 3.8) is 0 Å². The average molecular weight is 380 g/mol. The number of aliphatic hydroxyl groups is 1. The molecule has 1 unspecified atom stereocenters. The molecule has 2 rings (SSSR count). The van der Waals surface area contributed by atoms with Crippen molar-refractivity contribution >= 4 is 43.2 Å². The molecule has 0 amide bonds. The molecule has 0 aliphatic carbocycles. The van der Waals surface area contributed by atoms with Crippen LogP contribution in [-0.2, 0) is 6.42 Å². The zero-order valence-electron chi connectivity index (χ0n) is 8.66. The van der Waals surface area contributed by atoms with Crippen LogP contribution in [0.5, 0.6) is 0 Å². The number of aliphatic hydroxyl groups excluding tert-OH is 1. The lowest BCUT2D eigenvalue weighted by molar-refractivity contribution is 0.179. The molecule has 5 heteroatoms. The van der Waals surface area contributed by atoms with Gasteiger partial charge in [-0.25, -0.2) is 4.39 Å². The smallest absolute Gasteiger partial charge is 0.124 e. The first-order valence-electron chi connectivity index (χ1n) is 4.93. The summed E-state index contributed by atoms with van der Waals surface area (Å²) in [5, 5.41) is 10.0. The van der Waals surface area contributed by atoms with Gasteiger partial charge in [0, 0.05) is 15.8 Å². The van der Waals surface area contributed by atoms with E-state index in [9.17, 15) is 9.50 Å². The fraction of sp³-hybridized carbons (Fsp3) is 0.167. The van der Waals surface area contributed by atoms with Crippen LogP contribution in [0.25, 0.3) is 0 Å². The highest BCUT2D eigenvalue weighted by molar-refractivity contribution is 9.11. The number of thiophene rings is 1. The third kappa shape index (κ3) is 3.61. The minimum atomic E-state index is -0.687. The molecule has 17 heavy (non-hydrogen) atoms. The SMILES string of the molecule is OC(Cc1ccc(Br)s1)c1cc(F)cc(Br)c1. The molecule has 0 saturated heterocycles. The maximum absolute atomic E-state index is 13.2. The second-order valence-corrected chi connectivity index (χ2v) is 7.09. The minimum absolute atomic E-state index is 0.346. The maximum Gasteiger partial charge on any atom is 0.124 e. The third-order valence-electron chi connectivity index (χ3n) is 2.29. The largest absolute Gasteiger partial charge is 0.388 e. The van der Waals surface area contributed by atoms with E-state index in [-0.39, 0.29) is 5.82 Å². The molecule has 0 aliphatic rings. The van der Waals surface area contributed by atoms with Crippen molar-refractivity contribution in [2.45, 2.75) is 12.5 Å². The monoisotopic (exact) mass is 378 g/mol. The standard InChI is InChI=1S/C12H9Br2FOS/c13-8-3-7(4-9(15)5-8)11(16)6-10-1-2-12(14)17-10/h1-5,11,16H,6H2. The summed E-state index contributed by atoms with van der Waals surface area (Å²) in [5.41, 5.74) is 0.585. The summed E-state index contributed by atoms with van der Waals surface area (Å²) in [4.78, 5) is 1.06. The van der Waals surface area contributed by atoms with Crippen LogP contribution in [0.1, 0.15) is 16.5 Å². The molecule has 1 aromatic heterocycles. The molecule has 1 aromatic carbocycles. The molecule has 90 valence electrons. The topological polar surface area (TPSA) is 20.2 Å². The lowest BCUT2D eigenvalue weighted by Gasteiger charge is -2.10. The van der Waals surface area contributed by atoms with E-state index in [1.165, 1.54) is 12.1 Å². The Balaban J connectivity index is 2.16. The quantitative estimate of drug-likeness (QED) is 0.820. The molecular formula is C12H9Br2FOS. The number of hydrogen-bond acceptors (Lipinski definition) is 2. The zero-order chi connectivity index (χ0) is 12.4. The Morgan fingerprint density at radius 2 is 2.00 bits per heavy atom. The number of halogens is 3. The highest BCUT2D eigenvalue weighted by Gasteiger charge is 2.12. The van der Waals surface area contributed by atoms with Gasteiger partial charge in [0.15, 0.2) is 0 Å². The Kier molecular flexibility index (Phi) is 4.36. The van der Waals surface area contributed by atoms with E-state index >= 15 is 0 Å². The first kappa shape index (κ1) is 13.2. The number of benzene rings is 1. The van der Waals surface area contributed by atoms with E-state index in [1.54, 1.807) is 17.4 Å². The van der Waals surface area contributed by atoms with Crippen LogP contribution in [0, 0.1) is 5.82 Å². The average Bonchev–Trinajstić information content (AvgIpc) is 2.62. The van der Waals surface area contributed by atoms with E-state index in [0.29, 0.717) is 16.5 Å². The van der Waals surface area contributed by atoms with Gasteiger partial charge in [-0.1, -0.05) is 15.9 Å². The molecule has 1 atom stereocenters. The van der Waals surface area contributed by atoms with Gasteiger partial charge in [0.25, 0.3) is 0 Å². The fourth-order valence-electron chi connectivity index (χ4n) is 1.54. The van der Waals surface area contributed by atoms with Crippen molar-refractivity contribution in [3.8, 4) is 0 Å². The molecule has 0 spiro atoms. The van der Waals surface area contributed by atoms with Gasteiger partial charge in [0.05, 0.1) is 9.89 Å². The van der Waals surface area contributed by atoms with Gasteiger partial charge in [-0.3, -0.25) is 0 Å². The van der Waals surface area contributed by atoms with Crippen molar-refractivity contribution in [2.24, 2.45) is 0 Å². The summed E-state index contributed by atoms with van der Waals surface area (Å²) in [6.07, 6.45) is -0.195. The van der Waals surface area contributed by atoms with Crippen LogP contribution in [-0.4, -0.2) is 5.11 Å². The van der Waals surface area contributed by atoms with E-state index in [2.05, 4.69) is 31.9 Å². The third-order valence-corrected chi connectivity index (χ3v) is 4.40. The molecule has 1 heterocycles. The van der Waals surface area contributed by atoms with Crippen LogP contribution in [0.2, 0.25) is 0 Å². The van der Waals surface area contributed by atoms with Crippen LogP contribution in [0.15, 0.2) is 38.6 Å². The number of rotatable bonds is 3. The van der Waals surface area contributed by atoms with Gasteiger partial charge in [-0.2, -0.15) is 0 Å². The maximum atomic E-state index is 13.2.